The molecule has 1 fully saturated rings. The molecule has 1 aromatic rings. The van der Waals surface area contributed by atoms with Crippen LogP contribution in [0.25, 0.3) is 0 Å². The molecule has 1 heterocycles. The third kappa shape index (κ3) is 3.38. The number of nitrogens with zero attached hydrogens (tertiary/aromatic N) is 1. The molecule has 0 aliphatic carbocycles. The number of ether oxygens (including phenoxy) is 1. The SMILES string of the molecule is CN1CCC(COc2c(N)cccc2C(=O)O)CC1. The highest BCUT2D eigenvalue weighted by molar-refractivity contribution is 5.93. The van der Waals surface area contributed by atoms with Crippen molar-refractivity contribution in [3.05, 3.63) is 23.8 Å². The van der Waals surface area contributed by atoms with E-state index in [1.807, 2.05) is 0 Å². The lowest BCUT2D eigenvalue weighted by Crippen LogP contribution is -2.32. The summed E-state index contributed by atoms with van der Waals surface area (Å²) < 4.78 is 5.68. The van der Waals surface area contributed by atoms with E-state index in [1.54, 1.807) is 12.1 Å². The van der Waals surface area contributed by atoms with Gasteiger partial charge in [0.25, 0.3) is 0 Å². The molecule has 3 N–H and O–H groups in total. The van der Waals surface area contributed by atoms with Gasteiger partial charge in [0.05, 0.1) is 12.3 Å². The Bertz CT molecular complexity index is 454. The van der Waals surface area contributed by atoms with Crippen LogP contribution in [-0.4, -0.2) is 42.7 Å². The lowest BCUT2D eigenvalue weighted by Gasteiger charge is -2.29. The number of para-hydroxylation sites is 1. The second kappa shape index (κ2) is 5.93. The first kappa shape index (κ1) is 13.7. The van der Waals surface area contributed by atoms with E-state index in [2.05, 4.69) is 11.9 Å². The summed E-state index contributed by atoms with van der Waals surface area (Å²) in [6.07, 6.45) is 2.15. The predicted molar refractivity (Wildman–Crippen MR) is 73.5 cm³/mol. The molecule has 0 amide bonds. The minimum atomic E-state index is -1.01. The van der Waals surface area contributed by atoms with Crippen molar-refractivity contribution in [3.63, 3.8) is 0 Å². The number of carbonyl (C=O) groups is 1. The summed E-state index contributed by atoms with van der Waals surface area (Å²) in [4.78, 5) is 13.4. The molecule has 5 heteroatoms. The molecular formula is C14H20N2O3. The summed E-state index contributed by atoms with van der Waals surface area (Å²) in [5, 5.41) is 9.12. The van der Waals surface area contributed by atoms with Crippen LogP contribution in [0.1, 0.15) is 23.2 Å². The Morgan fingerprint density at radius 2 is 2.16 bits per heavy atom. The van der Waals surface area contributed by atoms with Crippen molar-refractivity contribution in [3.8, 4) is 5.75 Å². The van der Waals surface area contributed by atoms with Crippen LogP contribution in [0.2, 0.25) is 0 Å². The van der Waals surface area contributed by atoms with Crippen molar-refractivity contribution in [2.24, 2.45) is 5.92 Å². The molecule has 0 spiro atoms. The van der Waals surface area contributed by atoms with E-state index in [1.165, 1.54) is 6.07 Å². The monoisotopic (exact) mass is 264 g/mol. The normalized spacial score (nSPS) is 17.3. The molecule has 104 valence electrons. The van der Waals surface area contributed by atoms with Crippen LogP contribution < -0.4 is 10.5 Å². The van der Waals surface area contributed by atoms with Crippen molar-refractivity contribution >= 4 is 11.7 Å². The highest BCUT2D eigenvalue weighted by atomic mass is 16.5. The zero-order valence-corrected chi connectivity index (χ0v) is 11.1. The third-order valence-corrected chi connectivity index (χ3v) is 3.58. The predicted octanol–water partition coefficient (Wildman–Crippen LogP) is 1.69. The number of benzene rings is 1. The zero-order chi connectivity index (χ0) is 13.8. The van der Waals surface area contributed by atoms with Gasteiger partial charge in [0.15, 0.2) is 5.75 Å². The number of hydrogen-bond donors (Lipinski definition) is 2. The van der Waals surface area contributed by atoms with Crippen molar-refractivity contribution in [2.45, 2.75) is 12.8 Å². The summed E-state index contributed by atoms with van der Waals surface area (Å²) in [5.74, 6) is -0.239. The van der Waals surface area contributed by atoms with E-state index in [0.29, 0.717) is 24.0 Å². The Labute approximate surface area is 113 Å². The Balaban J connectivity index is 2.01. The molecule has 19 heavy (non-hydrogen) atoms. The first-order valence-electron chi connectivity index (χ1n) is 6.51. The number of anilines is 1. The van der Waals surface area contributed by atoms with Crippen LogP contribution in [0.15, 0.2) is 18.2 Å². The fourth-order valence-corrected chi connectivity index (χ4v) is 2.31. The van der Waals surface area contributed by atoms with E-state index in [0.717, 1.165) is 25.9 Å². The van der Waals surface area contributed by atoms with Crippen LogP contribution in [0.3, 0.4) is 0 Å². The smallest absolute Gasteiger partial charge is 0.339 e. The number of nitrogens with two attached hydrogens (primary N) is 1. The molecule has 0 bridgehead atoms. The second-order valence-electron chi connectivity index (χ2n) is 5.09. The van der Waals surface area contributed by atoms with Gasteiger partial charge in [-0.2, -0.15) is 0 Å². The maximum atomic E-state index is 11.1. The first-order chi connectivity index (χ1) is 9.08. The molecular weight excluding hydrogens is 244 g/mol. The van der Waals surface area contributed by atoms with Crippen LogP contribution in [0, 0.1) is 5.92 Å². The largest absolute Gasteiger partial charge is 0.490 e. The summed E-state index contributed by atoms with van der Waals surface area (Å²) >= 11 is 0. The van der Waals surface area contributed by atoms with E-state index >= 15 is 0 Å². The Morgan fingerprint density at radius 1 is 1.47 bits per heavy atom. The van der Waals surface area contributed by atoms with Gasteiger partial charge in [-0.1, -0.05) is 6.07 Å². The van der Waals surface area contributed by atoms with E-state index in [9.17, 15) is 4.79 Å². The van der Waals surface area contributed by atoms with Crippen LogP contribution in [0.5, 0.6) is 5.75 Å². The number of aromatic carboxylic acids is 1. The van der Waals surface area contributed by atoms with Crippen molar-refractivity contribution in [1.82, 2.24) is 4.90 Å². The minimum Gasteiger partial charge on any atom is -0.490 e. The highest BCUT2D eigenvalue weighted by Gasteiger charge is 2.19. The van der Waals surface area contributed by atoms with Gasteiger partial charge in [-0.05, 0) is 51.0 Å². The number of carboxylic acids is 1. The quantitative estimate of drug-likeness (QED) is 0.809. The first-order valence-corrected chi connectivity index (χ1v) is 6.51. The van der Waals surface area contributed by atoms with E-state index < -0.39 is 5.97 Å². The number of rotatable bonds is 4. The average Bonchev–Trinajstić information content (AvgIpc) is 2.39. The molecule has 1 aliphatic rings. The van der Waals surface area contributed by atoms with Crippen LogP contribution >= 0.6 is 0 Å². The van der Waals surface area contributed by atoms with E-state index in [-0.39, 0.29) is 5.56 Å². The topological polar surface area (TPSA) is 75.8 Å². The number of carboxylic acid groups (broad SMARTS) is 1. The fourth-order valence-electron chi connectivity index (χ4n) is 2.31. The molecule has 1 aromatic carbocycles. The third-order valence-electron chi connectivity index (χ3n) is 3.58. The molecule has 1 saturated heterocycles. The molecule has 2 rings (SSSR count). The highest BCUT2D eigenvalue weighted by Crippen LogP contribution is 2.28. The van der Waals surface area contributed by atoms with Crippen LogP contribution in [-0.2, 0) is 0 Å². The van der Waals surface area contributed by atoms with Gasteiger partial charge in [-0.3, -0.25) is 0 Å². The maximum Gasteiger partial charge on any atom is 0.339 e. The van der Waals surface area contributed by atoms with Gasteiger partial charge in [0.1, 0.15) is 5.56 Å². The van der Waals surface area contributed by atoms with Gasteiger partial charge in [0, 0.05) is 0 Å². The lowest BCUT2D eigenvalue weighted by molar-refractivity contribution is 0.0690. The molecule has 0 unspecified atom stereocenters. The molecule has 1 aliphatic heterocycles. The number of likely N-dealkylation sites (tertiary alicyclic amines) is 1. The Morgan fingerprint density at radius 3 is 2.79 bits per heavy atom. The molecule has 0 atom stereocenters. The lowest BCUT2D eigenvalue weighted by atomic mass is 9.98. The van der Waals surface area contributed by atoms with Gasteiger partial charge < -0.3 is 20.5 Å². The minimum absolute atomic E-state index is 0.132. The van der Waals surface area contributed by atoms with E-state index in [4.69, 9.17) is 15.6 Å². The summed E-state index contributed by atoms with van der Waals surface area (Å²) in [5.41, 5.74) is 6.31. The van der Waals surface area contributed by atoms with Crippen molar-refractivity contribution in [1.29, 1.82) is 0 Å². The summed E-state index contributed by atoms with van der Waals surface area (Å²) in [6.45, 7) is 2.65. The number of hydrogen-bond acceptors (Lipinski definition) is 4. The van der Waals surface area contributed by atoms with Gasteiger partial charge in [-0.15, -0.1) is 0 Å². The average molecular weight is 264 g/mol. The van der Waals surface area contributed by atoms with Crippen molar-refractivity contribution in [2.75, 3.05) is 32.5 Å². The Hall–Kier alpha value is -1.75. The molecule has 5 nitrogen and oxygen atoms in total. The summed E-state index contributed by atoms with van der Waals surface area (Å²) in [7, 11) is 2.11. The molecule has 0 aromatic heterocycles. The van der Waals surface area contributed by atoms with Gasteiger partial charge in [0.2, 0.25) is 0 Å². The zero-order valence-electron chi connectivity index (χ0n) is 11.1. The standard InChI is InChI=1S/C14H20N2O3/c1-16-7-5-10(6-8-16)9-19-13-11(14(17)18)3-2-4-12(13)15/h2-4,10H,5-9,15H2,1H3,(H,17,18). The van der Waals surface area contributed by atoms with Crippen molar-refractivity contribution < 1.29 is 14.6 Å². The van der Waals surface area contributed by atoms with Gasteiger partial charge in [-0.25, -0.2) is 4.79 Å². The van der Waals surface area contributed by atoms with Gasteiger partial charge >= 0.3 is 5.97 Å². The Kier molecular flexibility index (Phi) is 4.27. The molecule has 0 saturated carbocycles. The van der Waals surface area contributed by atoms with Crippen LogP contribution in [0.4, 0.5) is 5.69 Å². The number of piperidine rings is 1. The fraction of sp³-hybridized carbons (Fsp3) is 0.500. The maximum absolute atomic E-state index is 11.1. The molecule has 0 radical (unpaired) electrons. The summed E-state index contributed by atoms with van der Waals surface area (Å²) in [6, 6.07) is 4.81. The number of nitrogen functional groups attached to an aromatic ring is 1. The second-order valence-corrected chi connectivity index (χ2v) is 5.09.